The summed E-state index contributed by atoms with van der Waals surface area (Å²) in [6.45, 7) is 4.30. The van der Waals surface area contributed by atoms with Gasteiger partial charge in [-0.15, -0.1) is 0 Å². The number of hydrogen-bond donors (Lipinski definition) is 1. The van der Waals surface area contributed by atoms with Crippen LogP contribution in [0, 0.1) is 12.8 Å². The first-order chi connectivity index (χ1) is 7.09. The van der Waals surface area contributed by atoms with Crippen LogP contribution < -0.4 is 0 Å². The number of amides is 1. The molecule has 0 bridgehead atoms. The third kappa shape index (κ3) is 1.75. The standard InChI is InChI=1S/C12H15NO2/c1-8-3-5-10(6-4-8)11-7-13(15)12(14)9(11)2/h3-6,9,11,15H,7H2,1-2H3/t9-,11+/m1/s1. The maximum Gasteiger partial charge on any atom is 0.249 e. The molecule has 2 rings (SSSR count). The van der Waals surface area contributed by atoms with E-state index in [0.717, 1.165) is 10.6 Å². The van der Waals surface area contributed by atoms with Gasteiger partial charge in [-0.2, -0.15) is 0 Å². The van der Waals surface area contributed by atoms with E-state index in [0.29, 0.717) is 6.54 Å². The van der Waals surface area contributed by atoms with Crippen molar-refractivity contribution >= 4 is 5.91 Å². The first kappa shape index (κ1) is 10.2. The van der Waals surface area contributed by atoms with Crippen LogP contribution in [0.1, 0.15) is 24.0 Å². The third-order valence-corrected chi connectivity index (χ3v) is 3.12. The van der Waals surface area contributed by atoms with Gasteiger partial charge in [0.25, 0.3) is 0 Å². The highest BCUT2D eigenvalue weighted by Gasteiger charge is 2.37. The van der Waals surface area contributed by atoms with Gasteiger partial charge in [-0.1, -0.05) is 36.8 Å². The van der Waals surface area contributed by atoms with Gasteiger partial charge in [-0.25, -0.2) is 5.06 Å². The van der Waals surface area contributed by atoms with Crippen molar-refractivity contribution in [1.29, 1.82) is 0 Å². The molecule has 0 spiro atoms. The number of benzene rings is 1. The Labute approximate surface area is 89.3 Å². The summed E-state index contributed by atoms with van der Waals surface area (Å²) in [5, 5.41) is 10.2. The van der Waals surface area contributed by atoms with Crippen LogP contribution >= 0.6 is 0 Å². The first-order valence-corrected chi connectivity index (χ1v) is 5.16. The van der Waals surface area contributed by atoms with Crippen molar-refractivity contribution in [3.63, 3.8) is 0 Å². The summed E-state index contributed by atoms with van der Waals surface area (Å²) in [5.74, 6) is -0.193. The molecule has 15 heavy (non-hydrogen) atoms. The fourth-order valence-electron chi connectivity index (χ4n) is 2.05. The van der Waals surface area contributed by atoms with Crippen molar-refractivity contribution in [2.24, 2.45) is 5.92 Å². The molecular weight excluding hydrogens is 190 g/mol. The summed E-state index contributed by atoms with van der Waals surface area (Å²) in [6, 6.07) is 8.13. The molecule has 1 heterocycles. The Morgan fingerprint density at radius 2 is 1.93 bits per heavy atom. The molecule has 0 radical (unpaired) electrons. The van der Waals surface area contributed by atoms with Gasteiger partial charge in [0.05, 0.1) is 6.54 Å². The molecule has 1 aromatic rings. The smallest absolute Gasteiger partial charge is 0.249 e. The van der Waals surface area contributed by atoms with Crippen LogP contribution in [0.25, 0.3) is 0 Å². The number of carbonyl (C=O) groups excluding carboxylic acids is 1. The molecule has 0 unspecified atom stereocenters. The van der Waals surface area contributed by atoms with Gasteiger partial charge in [-0.3, -0.25) is 10.0 Å². The molecule has 1 aliphatic heterocycles. The Balaban J connectivity index is 2.25. The van der Waals surface area contributed by atoms with Crippen LogP contribution in [0.3, 0.4) is 0 Å². The maximum atomic E-state index is 11.4. The Kier molecular flexibility index (Phi) is 2.49. The van der Waals surface area contributed by atoms with E-state index in [1.807, 2.05) is 38.1 Å². The summed E-state index contributed by atoms with van der Waals surface area (Å²) in [4.78, 5) is 11.4. The molecule has 1 aliphatic rings. The Bertz CT molecular complexity index is 372. The lowest BCUT2D eigenvalue weighted by atomic mass is 9.90. The van der Waals surface area contributed by atoms with E-state index >= 15 is 0 Å². The molecule has 1 fully saturated rings. The molecule has 2 atom stereocenters. The average molecular weight is 205 g/mol. The van der Waals surface area contributed by atoms with Crippen LogP contribution in [-0.4, -0.2) is 22.7 Å². The van der Waals surface area contributed by atoms with E-state index < -0.39 is 0 Å². The largest absolute Gasteiger partial charge is 0.286 e. The van der Waals surface area contributed by atoms with Crippen molar-refractivity contribution in [3.8, 4) is 0 Å². The van der Waals surface area contributed by atoms with Gasteiger partial charge in [0, 0.05) is 11.8 Å². The lowest BCUT2D eigenvalue weighted by Gasteiger charge is -2.12. The molecular formula is C12H15NO2. The molecule has 0 saturated carbocycles. The van der Waals surface area contributed by atoms with E-state index in [9.17, 15) is 10.0 Å². The lowest BCUT2D eigenvalue weighted by Crippen LogP contribution is -2.21. The van der Waals surface area contributed by atoms with Gasteiger partial charge < -0.3 is 0 Å². The minimum absolute atomic E-state index is 0.114. The number of aryl methyl sites for hydroxylation is 1. The Morgan fingerprint density at radius 1 is 1.33 bits per heavy atom. The molecule has 3 heteroatoms. The second-order valence-electron chi connectivity index (χ2n) is 4.23. The molecule has 3 nitrogen and oxygen atoms in total. The molecule has 80 valence electrons. The minimum atomic E-state index is -0.180. The third-order valence-electron chi connectivity index (χ3n) is 3.12. The highest BCUT2D eigenvalue weighted by atomic mass is 16.5. The van der Waals surface area contributed by atoms with Gasteiger partial charge in [0.15, 0.2) is 0 Å². The molecule has 1 amide bonds. The van der Waals surface area contributed by atoms with Crippen molar-refractivity contribution < 1.29 is 10.0 Å². The van der Waals surface area contributed by atoms with Crippen LogP contribution in [0.2, 0.25) is 0 Å². The SMILES string of the molecule is Cc1ccc([C@H]2CN(O)C(=O)[C@@H]2C)cc1. The van der Waals surface area contributed by atoms with E-state index in [1.165, 1.54) is 5.56 Å². The summed E-state index contributed by atoms with van der Waals surface area (Å²) in [7, 11) is 0. The predicted molar refractivity (Wildman–Crippen MR) is 56.6 cm³/mol. The van der Waals surface area contributed by atoms with E-state index in [2.05, 4.69) is 0 Å². The quantitative estimate of drug-likeness (QED) is 0.712. The average Bonchev–Trinajstić information content (AvgIpc) is 2.47. The molecule has 0 aliphatic carbocycles. The van der Waals surface area contributed by atoms with Crippen LogP contribution in [0.4, 0.5) is 0 Å². The van der Waals surface area contributed by atoms with E-state index in [4.69, 9.17) is 0 Å². The summed E-state index contributed by atoms with van der Waals surface area (Å²) in [6.07, 6.45) is 0. The Hall–Kier alpha value is -1.35. The highest BCUT2D eigenvalue weighted by molar-refractivity contribution is 5.81. The summed E-state index contributed by atoms with van der Waals surface area (Å²) in [5.41, 5.74) is 2.33. The van der Waals surface area contributed by atoms with Crippen LogP contribution in [0.5, 0.6) is 0 Å². The zero-order chi connectivity index (χ0) is 11.0. The number of rotatable bonds is 1. The van der Waals surface area contributed by atoms with Gasteiger partial charge >= 0.3 is 0 Å². The van der Waals surface area contributed by atoms with Gasteiger partial charge in [0.2, 0.25) is 5.91 Å². The predicted octanol–water partition coefficient (Wildman–Crippen LogP) is 1.95. The number of hydrogen-bond acceptors (Lipinski definition) is 2. The lowest BCUT2D eigenvalue weighted by molar-refractivity contribution is -0.159. The second kappa shape index (κ2) is 3.66. The maximum absolute atomic E-state index is 11.4. The van der Waals surface area contributed by atoms with Gasteiger partial charge in [0.1, 0.15) is 0 Å². The van der Waals surface area contributed by atoms with Crippen molar-refractivity contribution in [2.45, 2.75) is 19.8 Å². The second-order valence-corrected chi connectivity index (χ2v) is 4.23. The number of hydroxylamine groups is 2. The molecule has 1 aromatic carbocycles. The molecule has 1 N–H and O–H groups in total. The molecule has 0 aromatic heterocycles. The fraction of sp³-hybridized carbons (Fsp3) is 0.417. The normalized spacial score (nSPS) is 26.1. The van der Waals surface area contributed by atoms with Crippen molar-refractivity contribution in [3.05, 3.63) is 35.4 Å². The van der Waals surface area contributed by atoms with E-state index in [1.54, 1.807) is 0 Å². The van der Waals surface area contributed by atoms with Crippen LogP contribution in [-0.2, 0) is 4.79 Å². The number of carbonyl (C=O) groups is 1. The highest BCUT2D eigenvalue weighted by Crippen LogP contribution is 2.32. The Morgan fingerprint density at radius 3 is 2.40 bits per heavy atom. The first-order valence-electron chi connectivity index (χ1n) is 5.16. The monoisotopic (exact) mass is 205 g/mol. The zero-order valence-corrected chi connectivity index (χ0v) is 8.97. The topological polar surface area (TPSA) is 40.5 Å². The van der Waals surface area contributed by atoms with Crippen molar-refractivity contribution in [2.75, 3.05) is 6.54 Å². The minimum Gasteiger partial charge on any atom is -0.286 e. The zero-order valence-electron chi connectivity index (χ0n) is 8.97. The van der Waals surface area contributed by atoms with Crippen molar-refractivity contribution in [1.82, 2.24) is 5.06 Å². The number of nitrogens with zero attached hydrogens (tertiary/aromatic N) is 1. The summed E-state index contributed by atoms with van der Waals surface area (Å²) < 4.78 is 0. The van der Waals surface area contributed by atoms with Gasteiger partial charge in [-0.05, 0) is 12.5 Å². The molecule has 1 saturated heterocycles. The van der Waals surface area contributed by atoms with Crippen LogP contribution in [0.15, 0.2) is 24.3 Å². The van der Waals surface area contributed by atoms with E-state index in [-0.39, 0.29) is 17.7 Å². The summed E-state index contributed by atoms with van der Waals surface area (Å²) >= 11 is 0. The fourth-order valence-corrected chi connectivity index (χ4v) is 2.05.